The predicted molar refractivity (Wildman–Crippen MR) is 88.6 cm³/mol. The van der Waals surface area contributed by atoms with Crippen molar-refractivity contribution in [2.45, 2.75) is 6.54 Å². The van der Waals surface area contributed by atoms with Crippen LogP contribution < -0.4 is 5.32 Å². The van der Waals surface area contributed by atoms with Gasteiger partial charge in [-0.05, 0) is 24.7 Å². The van der Waals surface area contributed by atoms with Crippen molar-refractivity contribution in [3.63, 3.8) is 0 Å². The molecule has 0 amide bonds. The molecule has 2 aromatic heterocycles. The molecule has 106 valence electrons. The summed E-state index contributed by atoms with van der Waals surface area (Å²) in [4.78, 5) is 10.2. The van der Waals surface area contributed by atoms with Crippen molar-refractivity contribution in [1.82, 2.24) is 15.3 Å². The molecule has 3 nitrogen and oxygen atoms in total. The molecule has 0 bridgehead atoms. The first-order chi connectivity index (χ1) is 10.3. The summed E-state index contributed by atoms with van der Waals surface area (Å²) in [6.45, 7) is 0.713. The molecule has 0 saturated carbocycles. The zero-order valence-corrected chi connectivity index (χ0v) is 13.1. The van der Waals surface area contributed by atoms with Crippen LogP contribution in [0.3, 0.4) is 0 Å². The zero-order chi connectivity index (χ0) is 14.7. The summed E-state index contributed by atoms with van der Waals surface area (Å²) < 4.78 is 0. The molecule has 0 aliphatic rings. The highest BCUT2D eigenvalue weighted by molar-refractivity contribution is 7.18. The van der Waals surface area contributed by atoms with Gasteiger partial charge in [-0.2, -0.15) is 0 Å². The van der Waals surface area contributed by atoms with E-state index in [-0.39, 0.29) is 0 Å². The second-order valence-electron chi connectivity index (χ2n) is 4.53. The number of aromatic nitrogens is 2. The molecule has 0 aliphatic heterocycles. The summed E-state index contributed by atoms with van der Waals surface area (Å²) in [5.74, 6) is 0. The van der Waals surface area contributed by atoms with Crippen LogP contribution in [0.15, 0.2) is 48.7 Å². The third-order valence-electron chi connectivity index (χ3n) is 3.04. The van der Waals surface area contributed by atoms with Crippen LogP contribution in [0.5, 0.6) is 0 Å². The molecule has 0 unspecified atom stereocenters. The van der Waals surface area contributed by atoms with E-state index in [1.54, 1.807) is 17.5 Å². The normalized spacial score (nSPS) is 10.8. The van der Waals surface area contributed by atoms with Crippen molar-refractivity contribution >= 4 is 22.9 Å². The average Bonchev–Trinajstić information content (AvgIpc) is 2.93. The van der Waals surface area contributed by atoms with Crippen molar-refractivity contribution in [1.29, 1.82) is 0 Å². The van der Waals surface area contributed by atoms with Gasteiger partial charge in [0.2, 0.25) is 0 Å². The van der Waals surface area contributed by atoms with Gasteiger partial charge in [-0.25, -0.2) is 4.98 Å². The van der Waals surface area contributed by atoms with Gasteiger partial charge in [0.1, 0.15) is 10.7 Å². The third-order valence-corrected chi connectivity index (χ3v) is 4.50. The number of benzene rings is 1. The van der Waals surface area contributed by atoms with Gasteiger partial charge in [0.15, 0.2) is 0 Å². The SMILES string of the molecule is CNCc1nc(-c2ncccc2Cl)sc1-c1ccccc1. The quantitative estimate of drug-likeness (QED) is 0.782. The fourth-order valence-corrected chi connectivity index (χ4v) is 3.46. The van der Waals surface area contributed by atoms with E-state index in [1.807, 2.05) is 37.4 Å². The maximum atomic E-state index is 6.23. The molecule has 0 saturated heterocycles. The monoisotopic (exact) mass is 315 g/mol. The molecule has 2 heterocycles. The van der Waals surface area contributed by atoms with Crippen molar-refractivity contribution in [2.24, 2.45) is 0 Å². The Hall–Kier alpha value is -1.75. The van der Waals surface area contributed by atoms with E-state index in [2.05, 4.69) is 22.4 Å². The summed E-state index contributed by atoms with van der Waals surface area (Å²) in [5.41, 5.74) is 2.92. The van der Waals surface area contributed by atoms with Crippen LogP contribution in [0.1, 0.15) is 5.69 Å². The predicted octanol–water partition coefficient (Wildman–Crippen LogP) is 4.24. The van der Waals surface area contributed by atoms with Gasteiger partial charge in [0.05, 0.1) is 15.6 Å². The molecule has 0 spiro atoms. The van der Waals surface area contributed by atoms with E-state index in [0.29, 0.717) is 11.6 Å². The lowest BCUT2D eigenvalue weighted by Crippen LogP contribution is -2.06. The van der Waals surface area contributed by atoms with E-state index >= 15 is 0 Å². The fourth-order valence-electron chi connectivity index (χ4n) is 2.10. The minimum atomic E-state index is 0.627. The fraction of sp³-hybridized carbons (Fsp3) is 0.125. The molecule has 1 N–H and O–H groups in total. The second-order valence-corrected chi connectivity index (χ2v) is 5.93. The molecule has 5 heteroatoms. The first kappa shape index (κ1) is 14.2. The molecule has 3 aromatic rings. The van der Waals surface area contributed by atoms with E-state index in [9.17, 15) is 0 Å². The Labute approximate surface area is 132 Å². The summed E-state index contributed by atoms with van der Waals surface area (Å²) in [5, 5.41) is 4.64. The highest BCUT2D eigenvalue weighted by atomic mass is 35.5. The van der Waals surface area contributed by atoms with Crippen LogP contribution >= 0.6 is 22.9 Å². The largest absolute Gasteiger partial charge is 0.314 e. The highest BCUT2D eigenvalue weighted by Gasteiger charge is 2.16. The van der Waals surface area contributed by atoms with Gasteiger partial charge >= 0.3 is 0 Å². The Morgan fingerprint density at radius 3 is 2.67 bits per heavy atom. The number of rotatable bonds is 4. The molecular weight excluding hydrogens is 302 g/mol. The Kier molecular flexibility index (Phi) is 4.29. The lowest BCUT2D eigenvalue weighted by atomic mass is 10.1. The lowest BCUT2D eigenvalue weighted by Gasteiger charge is -2.00. The molecule has 0 fully saturated rings. The molecule has 0 aliphatic carbocycles. The van der Waals surface area contributed by atoms with E-state index in [1.165, 1.54) is 5.56 Å². The molecule has 0 radical (unpaired) electrons. The smallest absolute Gasteiger partial charge is 0.144 e. The van der Waals surface area contributed by atoms with Gasteiger partial charge < -0.3 is 5.32 Å². The molecule has 3 rings (SSSR count). The van der Waals surface area contributed by atoms with Crippen molar-refractivity contribution in [3.8, 4) is 21.1 Å². The Morgan fingerprint density at radius 1 is 1.14 bits per heavy atom. The van der Waals surface area contributed by atoms with Crippen LogP contribution in [0.2, 0.25) is 5.02 Å². The first-order valence-corrected chi connectivity index (χ1v) is 7.79. The van der Waals surface area contributed by atoms with Crippen molar-refractivity contribution < 1.29 is 0 Å². The van der Waals surface area contributed by atoms with Crippen LogP contribution in [-0.2, 0) is 6.54 Å². The standard InChI is InChI=1S/C16H14ClN3S/c1-18-10-13-15(11-6-3-2-4-7-11)21-16(20-13)14-12(17)8-5-9-19-14/h2-9,18H,10H2,1H3. The number of pyridine rings is 1. The zero-order valence-electron chi connectivity index (χ0n) is 11.5. The van der Waals surface area contributed by atoms with Gasteiger partial charge in [-0.3, -0.25) is 4.98 Å². The van der Waals surface area contributed by atoms with Crippen LogP contribution in [0, 0.1) is 0 Å². The van der Waals surface area contributed by atoms with Gasteiger partial charge in [0.25, 0.3) is 0 Å². The topological polar surface area (TPSA) is 37.8 Å². The summed E-state index contributed by atoms with van der Waals surface area (Å²) in [6, 6.07) is 13.9. The molecule has 0 atom stereocenters. The summed E-state index contributed by atoms with van der Waals surface area (Å²) in [7, 11) is 1.92. The van der Waals surface area contributed by atoms with Crippen LogP contribution in [-0.4, -0.2) is 17.0 Å². The lowest BCUT2D eigenvalue weighted by molar-refractivity contribution is 0.799. The van der Waals surface area contributed by atoms with Crippen LogP contribution in [0.4, 0.5) is 0 Å². The second kappa shape index (κ2) is 6.35. The Morgan fingerprint density at radius 2 is 1.95 bits per heavy atom. The minimum absolute atomic E-state index is 0.627. The maximum Gasteiger partial charge on any atom is 0.144 e. The van der Waals surface area contributed by atoms with Gasteiger partial charge in [-0.1, -0.05) is 41.9 Å². The number of thiazole rings is 1. The van der Waals surface area contributed by atoms with E-state index < -0.39 is 0 Å². The Balaban J connectivity index is 2.11. The van der Waals surface area contributed by atoms with E-state index in [4.69, 9.17) is 16.6 Å². The first-order valence-electron chi connectivity index (χ1n) is 6.60. The molecular formula is C16H14ClN3S. The molecule has 1 aromatic carbocycles. The summed E-state index contributed by atoms with van der Waals surface area (Å²) >= 11 is 7.85. The number of hydrogen-bond acceptors (Lipinski definition) is 4. The maximum absolute atomic E-state index is 6.23. The average molecular weight is 316 g/mol. The summed E-state index contributed by atoms with van der Waals surface area (Å²) in [6.07, 6.45) is 1.74. The number of halogens is 1. The Bertz CT molecular complexity index is 740. The van der Waals surface area contributed by atoms with Gasteiger partial charge in [-0.15, -0.1) is 11.3 Å². The molecule has 21 heavy (non-hydrogen) atoms. The van der Waals surface area contributed by atoms with E-state index in [0.717, 1.165) is 21.3 Å². The third kappa shape index (κ3) is 2.97. The highest BCUT2D eigenvalue weighted by Crippen LogP contribution is 2.36. The van der Waals surface area contributed by atoms with Crippen molar-refractivity contribution in [3.05, 3.63) is 59.4 Å². The number of nitrogens with zero attached hydrogens (tertiary/aromatic N) is 2. The number of nitrogens with one attached hydrogen (secondary N) is 1. The number of hydrogen-bond donors (Lipinski definition) is 1. The van der Waals surface area contributed by atoms with Crippen LogP contribution in [0.25, 0.3) is 21.1 Å². The van der Waals surface area contributed by atoms with Crippen molar-refractivity contribution in [2.75, 3.05) is 7.05 Å². The minimum Gasteiger partial charge on any atom is -0.314 e. The van der Waals surface area contributed by atoms with Gasteiger partial charge in [0, 0.05) is 12.7 Å².